The molecule has 0 N–H and O–H groups in total. The summed E-state index contributed by atoms with van der Waals surface area (Å²) in [7, 11) is 0. The van der Waals surface area contributed by atoms with Crippen LogP contribution in [0.4, 0.5) is 0 Å². The van der Waals surface area contributed by atoms with Gasteiger partial charge in [-0.2, -0.15) is 5.10 Å². The second-order valence-electron chi connectivity index (χ2n) is 5.23. The molecule has 0 radical (unpaired) electrons. The molecule has 0 amide bonds. The lowest BCUT2D eigenvalue weighted by Crippen LogP contribution is -2.06. The molecule has 0 unspecified atom stereocenters. The lowest BCUT2D eigenvalue weighted by Gasteiger charge is -2.10. The molecule has 20 heavy (non-hydrogen) atoms. The summed E-state index contributed by atoms with van der Waals surface area (Å²) in [4.78, 5) is 0. The Bertz CT molecular complexity index is 634. The van der Waals surface area contributed by atoms with Crippen molar-refractivity contribution in [2.75, 3.05) is 0 Å². The second-order valence-corrected chi connectivity index (χ2v) is 6.03. The van der Waals surface area contributed by atoms with Crippen LogP contribution in [-0.2, 0) is 26.0 Å². The molecule has 1 heterocycles. The van der Waals surface area contributed by atoms with E-state index in [1.807, 2.05) is 11.6 Å². The van der Waals surface area contributed by atoms with Crippen LogP contribution in [0.1, 0.15) is 35.9 Å². The summed E-state index contributed by atoms with van der Waals surface area (Å²) in [6, 6.07) is 6.47. The smallest absolute Gasteiger partial charge is 0.131 e. The summed E-state index contributed by atoms with van der Waals surface area (Å²) < 4.78 is 9.01. The van der Waals surface area contributed by atoms with Gasteiger partial charge >= 0.3 is 0 Å². The molecule has 2 aromatic rings. The third-order valence-electron chi connectivity index (χ3n) is 3.90. The first kappa shape index (κ1) is 13.7. The van der Waals surface area contributed by atoms with Crippen LogP contribution < -0.4 is 4.74 Å². The molecule has 0 bridgehead atoms. The van der Waals surface area contributed by atoms with E-state index in [9.17, 15) is 0 Å². The van der Waals surface area contributed by atoms with Crippen LogP contribution in [-0.4, -0.2) is 9.78 Å². The van der Waals surface area contributed by atoms with Gasteiger partial charge in [-0.15, -0.1) is 0 Å². The number of rotatable bonds is 4. The first-order chi connectivity index (χ1) is 9.69. The van der Waals surface area contributed by atoms with Crippen LogP contribution in [0.25, 0.3) is 0 Å². The van der Waals surface area contributed by atoms with Gasteiger partial charge in [0.2, 0.25) is 0 Å². The zero-order chi connectivity index (χ0) is 14.1. The van der Waals surface area contributed by atoms with E-state index in [-0.39, 0.29) is 0 Å². The van der Waals surface area contributed by atoms with Gasteiger partial charge in [0, 0.05) is 6.54 Å². The number of benzene rings is 1. The van der Waals surface area contributed by atoms with Gasteiger partial charge < -0.3 is 4.74 Å². The Morgan fingerprint density at radius 1 is 1.30 bits per heavy atom. The molecular weight excluding hydrogens is 316 g/mol. The highest BCUT2D eigenvalue weighted by atomic mass is 79.9. The monoisotopic (exact) mass is 334 g/mol. The van der Waals surface area contributed by atoms with E-state index in [2.05, 4.69) is 46.2 Å². The third kappa shape index (κ3) is 2.49. The van der Waals surface area contributed by atoms with E-state index in [0.717, 1.165) is 28.2 Å². The molecule has 0 atom stereocenters. The van der Waals surface area contributed by atoms with Crippen molar-refractivity contribution in [1.29, 1.82) is 0 Å². The van der Waals surface area contributed by atoms with E-state index < -0.39 is 0 Å². The molecule has 3 rings (SSSR count). The van der Waals surface area contributed by atoms with Crippen molar-refractivity contribution in [3.63, 3.8) is 0 Å². The summed E-state index contributed by atoms with van der Waals surface area (Å²) in [5.74, 6) is 0.957. The van der Waals surface area contributed by atoms with Crippen molar-refractivity contribution in [3.8, 4) is 5.75 Å². The van der Waals surface area contributed by atoms with E-state index in [1.165, 1.54) is 30.4 Å². The fourth-order valence-corrected chi connectivity index (χ4v) is 3.20. The van der Waals surface area contributed by atoms with Crippen LogP contribution in [0, 0.1) is 6.92 Å². The molecule has 0 fully saturated rings. The minimum atomic E-state index is 0.550. The number of halogens is 1. The van der Waals surface area contributed by atoms with Gasteiger partial charge in [-0.3, -0.25) is 4.68 Å². The number of aryl methyl sites for hydroxylation is 4. The maximum Gasteiger partial charge on any atom is 0.131 e. The SMILES string of the molecule is CCn1nc(C)c(Br)c1COc1ccc2c(c1)CCC2. The fraction of sp³-hybridized carbons (Fsp3) is 0.438. The average molecular weight is 335 g/mol. The Hall–Kier alpha value is -1.29. The van der Waals surface area contributed by atoms with Gasteiger partial charge in [-0.05, 0) is 72.3 Å². The Morgan fingerprint density at radius 3 is 2.90 bits per heavy atom. The van der Waals surface area contributed by atoms with Crippen molar-refractivity contribution in [2.24, 2.45) is 0 Å². The predicted molar refractivity (Wildman–Crippen MR) is 83.1 cm³/mol. The molecular formula is C16H19BrN2O. The Balaban J connectivity index is 1.77. The largest absolute Gasteiger partial charge is 0.487 e. The minimum absolute atomic E-state index is 0.550. The van der Waals surface area contributed by atoms with Crippen molar-refractivity contribution in [2.45, 2.75) is 46.3 Å². The number of aromatic nitrogens is 2. The number of hydrogen-bond acceptors (Lipinski definition) is 2. The summed E-state index contributed by atoms with van der Waals surface area (Å²) in [6.07, 6.45) is 3.66. The maximum atomic E-state index is 5.96. The molecule has 0 saturated carbocycles. The van der Waals surface area contributed by atoms with Crippen LogP contribution in [0.5, 0.6) is 5.75 Å². The molecule has 1 aromatic heterocycles. The lowest BCUT2D eigenvalue weighted by atomic mass is 10.1. The number of ether oxygens (including phenoxy) is 1. The molecule has 106 valence electrons. The minimum Gasteiger partial charge on any atom is -0.487 e. The highest BCUT2D eigenvalue weighted by Gasteiger charge is 2.14. The maximum absolute atomic E-state index is 5.96. The molecule has 0 spiro atoms. The highest BCUT2D eigenvalue weighted by molar-refractivity contribution is 9.10. The molecule has 4 heteroatoms. The molecule has 1 aliphatic carbocycles. The highest BCUT2D eigenvalue weighted by Crippen LogP contribution is 2.27. The average Bonchev–Trinajstić information content (AvgIpc) is 3.02. The quantitative estimate of drug-likeness (QED) is 0.843. The zero-order valence-electron chi connectivity index (χ0n) is 11.9. The first-order valence-corrected chi connectivity index (χ1v) is 7.94. The van der Waals surface area contributed by atoms with Gasteiger partial charge in [0.25, 0.3) is 0 Å². The summed E-state index contributed by atoms with van der Waals surface area (Å²) in [5.41, 5.74) is 5.04. The summed E-state index contributed by atoms with van der Waals surface area (Å²) in [5, 5.41) is 4.49. The zero-order valence-corrected chi connectivity index (χ0v) is 13.5. The Labute approximate surface area is 128 Å². The lowest BCUT2D eigenvalue weighted by molar-refractivity contribution is 0.291. The van der Waals surface area contributed by atoms with Crippen molar-refractivity contribution in [1.82, 2.24) is 9.78 Å². The van der Waals surface area contributed by atoms with E-state index in [4.69, 9.17) is 4.74 Å². The Morgan fingerprint density at radius 2 is 2.10 bits per heavy atom. The predicted octanol–water partition coefficient (Wildman–Crippen LogP) is 4.04. The van der Waals surface area contributed by atoms with Gasteiger partial charge in [0.1, 0.15) is 12.4 Å². The number of nitrogens with zero attached hydrogens (tertiary/aromatic N) is 2. The van der Waals surface area contributed by atoms with Crippen LogP contribution >= 0.6 is 15.9 Å². The van der Waals surface area contributed by atoms with Gasteiger partial charge in [0.05, 0.1) is 15.9 Å². The summed E-state index contributed by atoms with van der Waals surface area (Å²) >= 11 is 3.60. The standard InChI is InChI=1S/C16H19BrN2O/c1-3-19-15(16(17)11(2)18-19)10-20-14-8-7-12-5-4-6-13(12)9-14/h7-9H,3-6,10H2,1-2H3. The van der Waals surface area contributed by atoms with E-state index in [1.54, 1.807) is 0 Å². The molecule has 0 aliphatic heterocycles. The topological polar surface area (TPSA) is 27.1 Å². The number of hydrogen-bond donors (Lipinski definition) is 0. The Kier molecular flexibility index (Phi) is 3.83. The van der Waals surface area contributed by atoms with Crippen molar-refractivity contribution < 1.29 is 4.74 Å². The molecule has 1 aliphatic rings. The van der Waals surface area contributed by atoms with Gasteiger partial charge in [-0.1, -0.05) is 6.07 Å². The second kappa shape index (κ2) is 5.60. The fourth-order valence-electron chi connectivity index (χ4n) is 2.80. The van der Waals surface area contributed by atoms with Gasteiger partial charge in [0.15, 0.2) is 0 Å². The van der Waals surface area contributed by atoms with Gasteiger partial charge in [-0.25, -0.2) is 0 Å². The van der Waals surface area contributed by atoms with E-state index in [0.29, 0.717) is 6.61 Å². The summed E-state index contributed by atoms with van der Waals surface area (Å²) in [6.45, 7) is 5.51. The molecule has 1 aromatic carbocycles. The molecule has 3 nitrogen and oxygen atoms in total. The third-order valence-corrected chi connectivity index (χ3v) is 4.93. The first-order valence-electron chi connectivity index (χ1n) is 7.15. The van der Waals surface area contributed by atoms with Crippen molar-refractivity contribution in [3.05, 3.63) is 45.2 Å². The number of fused-ring (bicyclic) bond motifs is 1. The van der Waals surface area contributed by atoms with E-state index >= 15 is 0 Å². The van der Waals surface area contributed by atoms with Crippen LogP contribution in [0.15, 0.2) is 22.7 Å². The molecule has 0 saturated heterocycles. The van der Waals surface area contributed by atoms with Crippen molar-refractivity contribution >= 4 is 15.9 Å². The normalized spacial score (nSPS) is 13.6. The van der Waals surface area contributed by atoms with Crippen LogP contribution in [0.3, 0.4) is 0 Å². The van der Waals surface area contributed by atoms with Crippen LogP contribution in [0.2, 0.25) is 0 Å².